The number of rotatable bonds is 7. The number of hydrogen-bond acceptors (Lipinski definition) is 6. The molecule has 0 radical (unpaired) electrons. The zero-order chi connectivity index (χ0) is 22.7. The number of ether oxygens (including phenoxy) is 1. The Labute approximate surface area is 199 Å². The van der Waals surface area contributed by atoms with Crippen LogP contribution in [0.2, 0.25) is 5.02 Å². The van der Waals surface area contributed by atoms with Gasteiger partial charge >= 0.3 is 0 Å². The molecule has 32 heavy (non-hydrogen) atoms. The van der Waals surface area contributed by atoms with Gasteiger partial charge in [-0.15, -0.1) is 0 Å². The summed E-state index contributed by atoms with van der Waals surface area (Å²) in [6, 6.07) is 20.2. The fourth-order valence-electron chi connectivity index (χ4n) is 2.94. The Bertz CT molecular complexity index is 1320. The highest BCUT2D eigenvalue weighted by Gasteiger charge is 2.28. The number of aromatic nitrogens is 1. The molecule has 164 valence electrons. The van der Waals surface area contributed by atoms with Crippen molar-refractivity contribution >= 4 is 48.9 Å². The quantitative estimate of drug-likeness (QED) is 0.284. The maximum Gasteiger partial charge on any atom is 0.238 e. The number of hydrogen-bond donors (Lipinski definition) is 1. The lowest BCUT2D eigenvalue weighted by Crippen LogP contribution is -2.05. The molecule has 0 atom stereocenters. The van der Waals surface area contributed by atoms with Crippen LogP contribution in [0.15, 0.2) is 91.6 Å². The summed E-state index contributed by atoms with van der Waals surface area (Å²) in [7, 11) is -3.98. The number of nitrogens with one attached hydrogen (secondary N) is 1. The lowest BCUT2D eigenvalue weighted by molar-refractivity contribution is 0.340. The molecule has 3 aromatic carbocycles. The van der Waals surface area contributed by atoms with Gasteiger partial charge in [-0.2, -0.15) is 4.98 Å². The number of oxazole rings is 1. The highest BCUT2D eigenvalue weighted by molar-refractivity contribution is 9.10. The molecule has 0 aliphatic heterocycles. The monoisotopic (exact) mass is 532 g/mol. The second-order valence-corrected chi connectivity index (χ2v) is 9.92. The normalized spacial score (nSPS) is 11.3. The van der Waals surface area contributed by atoms with E-state index in [9.17, 15) is 8.42 Å². The van der Waals surface area contributed by atoms with Crippen LogP contribution in [0.1, 0.15) is 6.92 Å². The van der Waals surface area contributed by atoms with E-state index in [0.29, 0.717) is 28.6 Å². The maximum atomic E-state index is 13.4. The molecule has 0 aliphatic carbocycles. The number of sulfone groups is 1. The third kappa shape index (κ3) is 4.82. The molecule has 0 bridgehead atoms. The number of halogens is 2. The standard InChI is InChI=1S/C23H18BrClN2O4S/c1-2-30-19-11-9-18(10-12-19)26-22-23(32(28,29)20-13-7-17(25)8-14-20)27-21(31-22)15-3-5-16(24)6-4-15/h3-14,26H,2H2,1H3. The zero-order valence-electron chi connectivity index (χ0n) is 16.9. The Morgan fingerprint density at radius 3 is 2.28 bits per heavy atom. The summed E-state index contributed by atoms with van der Waals surface area (Å²) in [6.45, 7) is 2.45. The molecule has 1 N–H and O–H groups in total. The minimum Gasteiger partial charge on any atom is -0.494 e. The summed E-state index contributed by atoms with van der Waals surface area (Å²) in [5.41, 5.74) is 1.26. The van der Waals surface area contributed by atoms with Crippen molar-refractivity contribution in [3.63, 3.8) is 0 Å². The van der Waals surface area contributed by atoms with Gasteiger partial charge in [-0.05, 0) is 79.7 Å². The average Bonchev–Trinajstić information content (AvgIpc) is 3.21. The van der Waals surface area contributed by atoms with Crippen LogP contribution in [-0.4, -0.2) is 20.0 Å². The Morgan fingerprint density at radius 2 is 1.66 bits per heavy atom. The van der Waals surface area contributed by atoms with E-state index in [4.69, 9.17) is 20.8 Å². The van der Waals surface area contributed by atoms with Crippen molar-refractivity contribution < 1.29 is 17.6 Å². The first-order valence-electron chi connectivity index (χ1n) is 9.64. The summed E-state index contributed by atoms with van der Waals surface area (Å²) < 4.78 is 38.9. The van der Waals surface area contributed by atoms with E-state index < -0.39 is 9.84 Å². The molecule has 0 spiro atoms. The van der Waals surface area contributed by atoms with Gasteiger partial charge < -0.3 is 14.5 Å². The van der Waals surface area contributed by atoms with E-state index in [1.165, 1.54) is 24.3 Å². The first kappa shape index (κ1) is 22.4. The molecule has 0 amide bonds. The summed E-state index contributed by atoms with van der Waals surface area (Å²) in [5, 5.41) is 3.25. The molecule has 0 unspecified atom stereocenters. The van der Waals surface area contributed by atoms with Gasteiger partial charge in [0.2, 0.25) is 26.6 Å². The van der Waals surface area contributed by atoms with Crippen LogP contribution >= 0.6 is 27.5 Å². The third-order valence-corrected chi connectivity index (χ3v) is 6.95. The van der Waals surface area contributed by atoms with Gasteiger partial charge in [0.05, 0.1) is 11.5 Å². The topological polar surface area (TPSA) is 81.4 Å². The Morgan fingerprint density at radius 1 is 1.00 bits per heavy atom. The fourth-order valence-corrected chi connectivity index (χ4v) is 4.59. The SMILES string of the molecule is CCOc1ccc(Nc2oc(-c3ccc(Br)cc3)nc2S(=O)(=O)c2ccc(Cl)cc2)cc1. The van der Waals surface area contributed by atoms with Crippen LogP contribution in [0.25, 0.3) is 11.5 Å². The Balaban J connectivity index is 1.78. The van der Waals surface area contributed by atoms with Crippen molar-refractivity contribution in [3.05, 3.63) is 82.3 Å². The number of benzene rings is 3. The molecule has 9 heteroatoms. The highest BCUT2D eigenvalue weighted by Crippen LogP contribution is 2.35. The van der Waals surface area contributed by atoms with Gasteiger partial charge in [0.25, 0.3) is 0 Å². The van der Waals surface area contributed by atoms with Crippen LogP contribution in [0.5, 0.6) is 5.75 Å². The summed E-state index contributed by atoms with van der Waals surface area (Å²) in [4.78, 5) is 4.40. The van der Waals surface area contributed by atoms with E-state index in [1.54, 1.807) is 36.4 Å². The first-order valence-corrected chi connectivity index (χ1v) is 12.3. The van der Waals surface area contributed by atoms with Gasteiger partial charge in [0, 0.05) is 20.7 Å². The number of nitrogens with zero attached hydrogens (tertiary/aromatic N) is 1. The molecular formula is C23H18BrClN2O4S. The Kier molecular flexibility index (Phi) is 6.55. The van der Waals surface area contributed by atoms with Gasteiger partial charge in [-0.3, -0.25) is 0 Å². The molecule has 4 aromatic rings. The van der Waals surface area contributed by atoms with Crippen LogP contribution in [0, 0.1) is 0 Å². The molecular weight excluding hydrogens is 516 g/mol. The predicted octanol–water partition coefficient (Wildman–Crippen LogP) is 6.73. The van der Waals surface area contributed by atoms with E-state index in [2.05, 4.69) is 26.2 Å². The zero-order valence-corrected chi connectivity index (χ0v) is 20.0. The largest absolute Gasteiger partial charge is 0.494 e. The minimum absolute atomic E-state index is 0.0158. The molecule has 6 nitrogen and oxygen atoms in total. The summed E-state index contributed by atoms with van der Waals surface area (Å²) in [6.07, 6.45) is 0. The molecule has 4 rings (SSSR count). The van der Waals surface area contributed by atoms with E-state index in [1.807, 2.05) is 19.1 Å². The van der Waals surface area contributed by atoms with Gasteiger partial charge in [0.1, 0.15) is 5.75 Å². The molecule has 0 saturated carbocycles. The second-order valence-electron chi connectivity index (χ2n) is 6.70. The summed E-state index contributed by atoms with van der Waals surface area (Å²) >= 11 is 9.31. The minimum atomic E-state index is -3.98. The van der Waals surface area contributed by atoms with E-state index in [-0.39, 0.29) is 21.7 Å². The average molecular weight is 534 g/mol. The van der Waals surface area contributed by atoms with E-state index in [0.717, 1.165) is 4.47 Å². The van der Waals surface area contributed by atoms with Gasteiger partial charge in [-0.25, -0.2) is 8.42 Å². The Hall–Kier alpha value is -2.81. The molecule has 0 saturated heterocycles. The lowest BCUT2D eigenvalue weighted by atomic mass is 10.2. The fraction of sp³-hybridized carbons (Fsp3) is 0.0870. The number of anilines is 2. The molecule has 1 aromatic heterocycles. The lowest BCUT2D eigenvalue weighted by Gasteiger charge is -2.08. The first-order chi connectivity index (χ1) is 15.4. The van der Waals surface area contributed by atoms with Crippen molar-refractivity contribution in [1.82, 2.24) is 4.98 Å². The second kappa shape index (κ2) is 9.36. The molecule has 0 fully saturated rings. The van der Waals surface area contributed by atoms with Crippen LogP contribution in [0.4, 0.5) is 11.6 Å². The van der Waals surface area contributed by atoms with Crippen LogP contribution in [-0.2, 0) is 9.84 Å². The van der Waals surface area contributed by atoms with Crippen molar-refractivity contribution in [3.8, 4) is 17.2 Å². The van der Waals surface area contributed by atoms with Gasteiger partial charge in [0.15, 0.2) is 0 Å². The van der Waals surface area contributed by atoms with E-state index >= 15 is 0 Å². The van der Waals surface area contributed by atoms with Crippen molar-refractivity contribution in [2.24, 2.45) is 0 Å². The smallest absolute Gasteiger partial charge is 0.238 e. The maximum absolute atomic E-state index is 13.4. The summed E-state index contributed by atoms with van der Waals surface area (Å²) in [5.74, 6) is 0.903. The highest BCUT2D eigenvalue weighted by atomic mass is 79.9. The van der Waals surface area contributed by atoms with Crippen LogP contribution < -0.4 is 10.1 Å². The van der Waals surface area contributed by atoms with Gasteiger partial charge in [-0.1, -0.05) is 27.5 Å². The van der Waals surface area contributed by atoms with Crippen molar-refractivity contribution in [1.29, 1.82) is 0 Å². The molecule has 1 heterocycles. The predicted molar refractivity (Wildman–Crippen MR) is 127 cm³/mol. The third-order valence-electron chi connectivity index (χ3n) is 4.49. The van der Waals surface area contributed by atoms with Crippen molar-refractivity contribution in [2.75, 3.05) is 11.9 Å². The van der Waals surface area contributed by atoms with Crippen molar-refractivity contribution in [2.45, 2.75) is 16.8 Å². The van der Waals surface area contributed by atoms with Crippen LogP contribution in [0.3, 0.4) is 0 Å². The molecule has 0 aliphatic rings.